The minimum absolute atomic E-state index is 0.0340. The first-order chi connectivity index (χ1) is 12.4. The Labute approximate surface area is 157 Å². The second-order valence-corrected chi connectivity index (χ2v) is 7.12. The minimum atomic E-state index is -0.994. The van der Waals surface area contributed by atoms with Crippen molar-refractivity contribution in [3.63, 3.8) is 0 Å². The highest BCUT2D eigenvalue weighted by Gasteiger charge is 2.52. The fraction of sp³-hybridized carbons (Fsp3) is 0.500. The predicted octanol–water partition coefficient (Wildman–Crippen LogP) is 1.47. The van der Waals surface area contributed by atoms with Crippen LogP contribution in [0.2, 0.25) is 5.02 Å². The van der Waals surface area contributed by atoms with Crippen LogP contribution >= 0.6 is 11.6 Å². The number of Topliss-reactive ketones (excluding diaryl/α,β-unsaturated/α-hetero) is 1. The number of hydrogen-bond donors (Lipinski definition) is 3. The second-order valence-electron chi connectivity index (χ2n) is 6.71. The van der Waals surface area contributed by atoms with Crippen molar-refractivity contribution in [3.8, 4) is 0 Å². The molecule has 0 radical (unpaired) electrons. The third kappa shape index (κ3) is 3.54. The maximum atomic E-state index is 13.0. The highest BCUT2D eigenvalue weighted by atomic mass is 35.5. The van der Waals surface area contributed by atoms with Gasteiger partial charge in [0.2, 0.25) is 11.7 Å². The molecule has 1 aliphatic heterocycles. The minimum Gasteiger partial charge on any atom is -0.468 e. The van der Waals surface area contributed by atoms with E-state index >= 15 is 0 Å². The Kier molecular flexibility index (Phi) is 5.48. The Bertz CT molecular complexity index is 747. The molecule has 140 valence electrons. The predicted molar refractivity (Wildman–Crippen MR) is 102 cm³/mol. The van der Waals surface area contributed by atoms with Crippen LogP contribution in [0.4, 0.5) is 0 Å². The smallest absolute Gasteiger partial charge is 0.205 e. The highest BCUT2D eigenvalue weighted by Crippen LogP contribution is 2.44. The Morgan fingerprint density at radius 1 is 1.42 bits per heavy atom. The van der Waals surface area contributed by atoms with E-state index in [2.05, 4.69) is 4.99 Å². The molecule has 2 aliphatic rings. The molecule has 0 saturated heterocycles. The van der Waals surface area contributed by atoms with E-state index in [1.54, 1.807) is 6.07 Å². The second kappa shape index (κ2) is 7.63. The Morgan fingerprint density at radius 3 is 2.92 bits per heavy atom. The molecule has 0 unspecified atom stereocenters. The van der Waals surface area contributed by atoms with E-state index in [-0.39, 0.29) is 11.7 Å². The van der Waals surface area contributed by atoms with Crippen LogP contribution in [0.3, 0.4) is 0 Å². The number of fused-ring (bicyclic) bond motifs is 2. The third-order valence-corrected chi connectivity index (χ3v) is 5.20. The van der Waals surface area contributed by atoms with Crippen molar-refractivity contribution >= 4 is 29.2 Å². The summed E-state index contributed by atoms with van der Waals surface area (Å²) in [5, 5.41) is 0.535. The number of carbonyl (C=O) groups is 1. The van der Waals surface area contributed by atoms with Gasteiger partial charge >= 0.3 is 0 Å². The van der Waals surface area contributed by atoms with Crippen LogP contribution < -0.4 is 17.2 Å². The van der Waals surface area contributed by atoms with Gasteiger partial charge in [-0.05, 0) is 38.2 Å². The number of halogens is 1. The topological polar surface area (TPSA) is 129 Å². The van der Waals surface area contributed by atoms with Crippen LogP contribution in [0.25, 0.3) is 0 Å². The molecule has 0 spiro atoms. The SMILES string of the molecule is NC(N)=NCCC[C@H](N)C1=N[C@@]2(c3ccccc3Cl)CCC[C@@H](O1)C2=O. The summed E-state index contributed by atoms with van der Waals surface area (Å²) in [5.41, 5.74) is 16.7. The number of ketones is 1. The molecule has 3 atom stereocenters. The quantitative estimate of drug-likeness (QED) is 0.392. The highest BCUT2D eigenvalue weighted by molar-refractivity contribution is 6.32. The Morgan fingerprint density at radius 2 is 2.19 bits per heavy atom. The zero-order chi connectivity index (χ0) is 18.7. The lowest BCUT2D eigenvalue weighted by atomic mass is 9.73. The number of aliphatic imine (C=N–C) groups is 2. The molecule has 0 aromatic heterocycles. The molecule has 8 heteroatoms. The van der Waals surface area contributed by atoms with Crippen molar-refractivity contribution in [1.82, 2.24) is 0 Å². The van der Waals surface area contributed by atoms with Crippen molar-refractivity contribution in [2.75, 3.05) is 6.54 Å². The molecule has 6 N–H and O–H groups in total. The zero-order valence-corrected chi connectivity index (χ0v) is 15.3. The summed E-state index contributed by atoms with van der Waals surface area (Å²) in [7, 11) is 0. The first-order valence-electron chi connectivity index (χ1n) is 8.81. The van der Waals surface area contributed by atoms with Crippen molar-refractivity contribution in [1.29, 1.82) is 0 Å². The lowest BCUT2D eigenvalue weighted by molar-refractivity contribution is -0.137. The number of ether oxygens (including phenoxy) is 1. The molecule has 0 amide bonds. The van der Waals surface area contributed by atoms with E-state index in [1.165, 1.54) is 0 Å². The molecular weight excluding hydrogens is 354 g/mol. The van der Waals surface area contributed by atoms with Crippen molar-refractivity contribution in [3.05, 3.63) is 34.9 Å². The Hall–Kier alpha value is -2.12. The standard InChI is InChI=1S/C18H24ClN5O2/c19-12-6-2-1-5-11(12)18-9-3-8-14(15(18)25)26-16(24-18)13(20)7-4-10-23-17(21)22/h1-2,5-6,13-14H,3-4,7-10,20H2,(H4,21,22,23)/t13-,14+,18+/m0/s1. The van der Waals surface area contributed by atoms with E-state index in [9.17, 15) is 4.79 Å². The maximum absolute atomic E-state index is 13.0. The number of carbonyl (C=O) groups excluding carboxylic acids is 1. The van der Waals surface area contributed by atoms with Crippen LogP contribution in [0, 0.1) is 0 Å². The molecule has 1 saturated carbocycles. The van der Waals surface area contributed by atoms with Gasteiger partial charge in [0.15, 0.2) is 17.6 Å². The number of guanidine groups is 1. The third-order valence-electron chi connectivity index (χ3n) is 4.87. The number of nitrogens with two attached hydrogens (primary N) is 3. The lowest BCUT2D eigenvalue weighted by Crippen LogP contribution is -2.54. The number of rotatable bonds is 6. The van der Waals surface area contributed by atoms with Crippen molar-refractivity contribution in [2.45, 2.75) is 49.8 Å². The van der Waals surface area contributed by atoms with Crippen LogP contribution in [-0.4, -0.2) is 36.3 Å². The Balaban J connectivity index is 1.87. The van der Waals surface area contributed by atoms with E-state index in [0.717, 1.165) is 12.0 Å². The van der Waals surface area contributed by atoms with Crippen LogP contribution in [0.5, 0.6) is 0 Å². The summed E-state index contributed by atoms with van der Waals surface area (Å²) in [6.45, 7) is 0.487. The van der Waals surface area contributed by atoms with Crippen LogP contribution in [-0.2, 0) is 15.1 Å². The molecular formula is C18H24ClN5O2. The van der Waals surface area contributed by atoms with E-state index in [4.69, 9.17) is 38.5 Å². The van der Waals surface area contributed by atoms with Gasteiger partial charge in [0, 0.05) is 17.1 Å². The summed E-state index contributed by atoms with van der Waals surface area (Å²) in [6, 6.07) is 6.93. The van der Waals surface area contributed by atoms with Gasteiger partial charge in [-0.2, -0.15) is 0 Å². The van der Waals surface area contributed by atoms with Gasteiger partial charge in [-0.25, -0.2) is 4.99 Å². The molecule has 1 aliphatic carbocycles. The first kappa shape index (κ1) is 18.7. The van der Waals surface area contributed by atoms with Crippen molar-refractivity contribution in [2.24, 2.45) is 27.2 Å². The molecule has 3 rings (SSSR count). The summed E-state index contributed by atoms with van der Waals surface area (Å²) in [4.78, 5) is 21.7. The summed E-state index contributed by atoms with van der Waals surface area (Å²) < 4.78 is 5.84. The van der Waals surface area contributed by atoms with Gasteiger partial charge in [0.1, 0.15) is 0 Å². The number of hydrogen-bond acceptors (Lipinski definition) is 5. The fourth-order valence-electron chi connectivity index (χ4n) is 3.58. The summed E-state index contributed by atoms with van der Waals surface area (Å²) in [5.74, 6) is 0.440. The monoisotopic (exact) mass is 377 g/mol. The molecule has 1 aromatic carbocycles. The molecule has 1 heterocycles. The van der Waals surface area contributed by atoms with Gasteiger partial charge in [-0.15, -0.1) is 0 Å². The maximum Gasteiger partial charge on any atom is 0.205 e. The van der Waals surface area contributed by atoms with E-state index < -0.39 is 17.7 Å². The summed E-state index contributed by atoms with van der Waals surface area (Å²) >= 11 is 6.39. The molecule has 2 bridgehead atoms. The van der Waals surface area contributed by atoms with Gasteiger partial charge in [-0.3, -0.25) is 9.79 Å². The fourth-order valence-corrected chi connectivity index (χ4v) is 3.88. The normalized spacial score (nSPS) is 25.8. The van der Waals surface area contributed by atoms with Gasteiger partial charge in [-0.1, -0.05) is 29.8 Å². The number of benzene rings is 1. The zero-order valence-electron chi connectivity index (χ0n) is 14.5. The van der Waals surface area contributed by atoms with Gasteiger partial charge < -0.3 is 21.9 Å². The molecule has 1 fully saturated rings. The summed E-state index contributed by atoms with van der Waals surface area (Å²) in [6.07, 6.45) is 2.91. The largest absolute Gasteiger partial charge is 0.468 e. The average Bonchev–Trinajstić information content (AvgIpc) is 2.59. The van der Waals surface area contributed by atoms with Gasteiger partial charge in [0.05, 0.1) is 6.04 Å². The molecule has 7 nitrogen and oxygen atoms in total. The number of nitrogens with zero attached hydrogens (tertiary/aromatic N) is 2. The molecule has 1 aromatic rings. The average molecular weight is 378 g/mol. The van der Waals surface area contributed by atoms with Crippen molar-refractivity contribution < 1.29 is 9.53 Å². The van der Waals surface area contributed by atoms with E-state index in [0.29, 0.717) is 43.1 Å². The lowest BCUT2D eigenvalue weighted by Gasteiger charge is -2.42. The van der Waals surface area contributed by atoms with Crippen LogP contribution in [0.1, 0.15) is 37.7 Å². The van der Waals surface area contributed by atoms with E-state index in [1.807, 2.05) is 18.2 Å². The van der Waals surface area contributed by atoms with Crippen LogP contribution in [0.15, 0.2) is 34.3 Å². The van der Waals surface area contributed by atoms with Gasteiger partial charge in [0.25, 0.3) is 0 Å². The first-order valence-corrected chi connectivity index (χ1v) is 9.18. The molecule has 26 heavy (non-hydrogen) atoms.